The lowest BCUT2D eigenvalue weighted by Gasteiger charge is -2.48. The van der Waals surface area contributed by atoms with Crippen molar-refractivity contribution >= 4 is 0 Å². The summed E-state index contributed by atoms with van der Waals surface area (Å²) in [4.78, 5) is 0. The van der Waals surface area contributed by atoms with Crippen LogP contribution in [-0.2, 0) is 6.61 Å². The zero-order valence-electron chi connectivity index (χ0n) is 12.9. The predicted molar refractivity (Wildman–Crippen MR) is 79.6 cm³/mol. The van der Waals surface area contributed by atoms with E-state index in [4.69, 9.17) is 4.74 Å². The van der Waals surface area contributed by atoms with Gasteiger partial charge in [0.15, 0.2) is 0 Å². The zero-order valence-corrected chi connectivity index (χ0v) is 12.9. The fourth-order valence-electron chi connectivity index (χ4n) is 3.81. The summed E-state index contributed by atoms with van der Waals surface area (Å²) in [5.74, 6) is 0.867. The molecule has 1 aromatic rings. The summed E-state index contributed by atoms with van der Waals surface area (Å²) in [6.45, 7) is 5.59. The molecule has 116 valence electrons. The van der Waals surface area contributed by atoms with E-state index in [1.165, 1.54) is 0 Å². The Morgan fingerprint density at radius 3 is 2.48 bits per heavy atom. The molecule has 1 spiro atoms. The van der Waals surface area contributed by atoms with Crippen molar-refractivity contribution in [3.05, 3.63) is 22.3 Å². The maximum Gasteiger partial charge on any atom is 0.132 e. The number of hydrogen-bond donors (Lipinski definition) is 3. The maximum atomic E-state index is 10.5. The standard InChI is InChI=1S/C17H24O4/c1-9(2)13-11(8-18)16-14(10(3)15(13)20)12(19)7-17(21-16)5-4-6-17/h9,12,18-20H,4-8H2,1-3H3. The predicted octanol–water partition coefficient (Wildman–Crippen LogP) is 3.05. The van der Waals surface area contributed by atoms with Gasteiger partial charge in [-0.3, -0.25) is 0 Å². The zero-order chi connectivity index (χ0) is 15.4. The lowest BCUT2D eigenvalue weighted by atomic mass is 9.72. The molecule has 2 aliphatic rings. The van der Waals surface area contributed by atoms with Crippen LogP contribution in [0.2, 0.25) is 0 Å². The Morgan fingerprint density at radius 2 is 2.00 bits per heavy atom. The van der Waals surface area contributed by atoms with E-state index in [0.29, 0.717) is 28.9 Å². The van der Waals surface area contributed by atoms with E-state index < -0.39 is 6.10 Å². The molecule has 1 aliphatic heterocycles. The minimum atomic E-state index is -0.633. The number of aliphatic hydroxyl groups excluding tert-OH is 2. The van der Waals surface area contributed by atoms with E-state index in [-0.39, 0.29) is 23.9 Å². The molecular weight excluding hydrogens is 268 g/mol. The summed E-state index contributed by atoms with van der Waals surface area (Å²) < 4.78 is 6.24. The maximum absolute atomic E-state index is 10.5. The van der Waals surface area contributed by atoms with Crippen molar-refractivity contribution in [3.63, 3.8) is 0 Å². The fourth-order valence-corrected chi connectivity index (χ4v) is 3.81. The Morgan fingerprint density at radius 1 is 1.33 bits per heavy atom. The molecule has 4 heteroatoms. The molecule has 0 bridgehead atoms. The van der Waals surface area contributed by atoms with Crippen molar-refractivity contribution in [3.8, 4) is 11.5 Å². The van der Waals surface area contributed by atoms with Gasteiger partial charge in [0.1, 0.15) is 17.1 Å². The van der Waals surface area contributed by atoms with Crippen LogP contribution in [0.4, 0.5) is 0 Å². The molecule has 1 saturated carbocycles. The van der Waals surface area contributed by atoms with Gasteiger partial charge in [-0.2, -0.15) is 0 Å². The highest BCUT2D eigenvalue weighted by molar-refractivity contribution is 5.61. The van der Waals surface area contributed by atoms with Crippen molar-refractivity contribution in [2.45, 2.75) is 70.7 Å². The second kappa shape index (κ2) is 4.89. The molecule has 1 fully saturated rings. The molecule has 3 rings (SSSR count). The summed E-state index contributed by atoms with van der Waals surface area (Å²) in [6, 6.07) is 0. The smallest absolute Gasteiger partial charge is 0.132 e. The van der Waals surface area contributed by atoms with Crippen molar-refractivity contribution in [2.24, 2.45) is 0 Å². The summed E-state index contributed by atoms with van der Waals surface area (Å²) in [7, 11) is 0. The van der Waals surface area contributed by atoms with Gasteiger partial charge in [0, 0.05) is 28.7 Å². The quantitative estimate of drug-likeness (QED) is 0.783. The summed E-state index contributed by atoms with van der Waals surface area (Å²) >= 11 is 0. The van der Waals surface area contributed by atoms with Gasteiger partial charge in [-0.05, 0) is 32.1 Å². The Labute approximate surface area is 125 Å². The van der Waals surface area contributed by atoms with Gasteiger partial charge in [-0.25, -0.2) is 0 Å². The van der Waals surface area contributed by atoms with E-state index in [2.05, 4.69) is 0 Å². The van der Waals surface area contributed by atoms with Crippen molar-refractivity contribution < 1.29 is 20.1 Å². The van der Waals surface area contributed by atoms with E-state index in [9.17, 15) is 15.3 Å². The first-order valence-corrected chi connectivity index (χ1v) is 7.76. The van der Waals surface area contributed by atoms with Gasteiger partial charge in [0.05, 0.1) is 12.7 Å². The average Bonchev–Trinajstić information content (AvgIpc) is 2.39. The molecule has 0 amide bonds. The van der Waals surface area contributed by atoms with Crippen LogP contribution in [0.25, 0.3) is 0 Å². The molecule has 0 radical (unpaired) electrons. The van der Waals surface area contributed by atoms with Crippen LogP contribution in [0.3, 0.4) is 0 Å². The van der Waals surface area contributed by atoms with Gasteiger partial charge < -0.3 is 20.1 Å². The van der Waals surface area contributed by atoms with Crippen molar-refractivity contribution in [2.75, 3.05) is 0 Å². The molecule has 1 aliphatic carbocycles. The van der Waals surface area contributed by atoms with E-state index in [1.807, 2.05) is 20.8 Å². The fraction of sp³-hybridized carbons (Fsp3) is 0.647. The van der Waals surface area contributed by atoms with Gasteiger partial charge in [0.2, 0.25) is 0 Å². The van der Waals surface area contributed by atoms with Crippen LogP contribution >= 0.6 is 0 Å². The second-order valence-corrected chi connectivity index (χ2v) is 6.78. The number of ether oxygens (including phenoxy) is 1. The molecule has 0 saturated heterocycles. The topological polar surface area (TPSA) is 69.9 Å². The lowest BCUT2D eigenvalue weighted by molar-refractivity contribution is -0.0680. The normalized spacial score (nSPS) is 22.9. The largest absolute Gasteiger partial charge is 0.507 e. The van der Waals surface area contributed by atoms with Gasteiger partial charge >= 0.3 is 0 Å². The molecule has 21 heavy (non-hydrogen) atoms. The monoisotopic (exact) mass is 292 g/mol. The van der Waals surface area contributed by atoms with Gasteiger partial charge in [0.25, 0.3) is 0 Å². The lowest BCUT2D eigenvalue weighted by Crippen LogP contribution is -2.47. The number of phenolic OH excluding ortho intramolecular Hbond substituents is 1. The average molecular weight is 292 g/mol. The van der Waals surface area contributed by atoms with Gasteiger partial charge in [-0.1, -0.05) is 13.8 Å². The SMILES string of the molecule is Cc1c(O)c(C(C)C)c(CO)c2c1C(O)CC1(CCC1)O2. The number of benzene rings is 1. The Hall–Kier alpha value is -1.26. The Balaban J connectivity index is 2.23. The molecule has 1 heterocycles. The molecule has 3 N–H and O–H groups in total. The summed E-state index contributed by atoms with van der Waals surface area (Å²) in [5, 5.41) is 30.8. The highest BCUT2D eigenvalue weighted by Gasteiger charge is 2.47. The Kier molecular flexibility index (Phi) is 3.41. The van der Waals surface area contributed by atoms with Crippen LogP contribution in [-0.4, -0.2) is 20.9 Å². The number of hydrogen-bond acceptors (Lipinski definition) is 4. The molecular formula is C17H24O4. The molecule has 1 unspecified atom stereocenters. The highest BCUT2D eigenvalue weighted by Crippen LogP contribution is 2.54. The van der Waals surface area contributed by atoms with Crippen molar-refractivity contribution in [1.82, 2.24) is 0 Å². The minimum absolute atomic E-state index is 0.0798. The minimum Gasteiger partial charge on any atom is -0.507 e. The molecule has 1 aromatic carbocycles. The van der Waals surface area contributed by atoms with Crippen LogP contribution < -0.4 is 4.74 Å². The first kappa shape index (κ1) is 14.7. The highest BCUT2D eigenvalue weighted by atomic mass is 16.5. The molecule has 1 atom stereocenters. The first-order valence-electron chi connectivity index (χ1n) is 7.76. The number of phenols is 1. The number of fused-ring (bicyclic) bond motifs is 1. The van der Waals surface area contributed by atoms with Crippen LogP contribution in [0.15, 0.2) is 0 Å². The summed E-state index contributed by atoms with van der Waals surface area (Å²) in [6.07, 6.45) is 2.96. The third-order valence-corrected chi connectivity index (χ3v) is 5.08. The van der Waals surface area contributed by atoms with E-state index in [0.717, 1.165) is 24.8 Å². The van der Waals surface area contributed by atoms with Gasteiger partial charge in [-0.15, -0.1) is 0 Å². The molecule has 0 aromatic heterocycles. The Bertz CT molecular complexity index is 573. The third-order valence-electron chi connectivity index (χ3n) is 5.08. The first-order chi connectivity index (χ1) is 9.90. The summed E-state index contributed by atoms with van der Waals surface area (Å²) in [5.41, 5.74) is 2.42. The number of aromatic hydroxyl groups is 1. The van der Waals surface area contributed by atoms with E-state index in [1.54, 1.807) is 0 Å². The third kappa shape index (κ3) is 2.04. The number of aliphatic hydroxyl groups is 2. The van der Waals surface area contributed by atoms with Crippen molar-refractivity contribution in [1.29, 1.82) is 0 Å². The number of rotatable bonds is 2. The second-order valence-electron chi connectivity index (χ2n) is 6.78. The molecule has 4 nitrogen and oxygen atoms in total. The van der Waals surface area contributed by atoms with Crippen LogP contribution in [0.5, 0.6) is 11.5 Å². The van der Waals surface area contributed by atoms with E-state index >= 15 is 0 Å². The van der Waals surface area contributed by atoms with Crippen LogP contribution in [0.1, 0.15) is 73.8 Å². The van der Waals surface area contributed by atoms with Crippen LogP contribution in [0, 0.1) is 6.92 Å².